The molecule has 0 amide bonds. The predicted octanol–water partition coefficient (Wildman–Crippen LogP) is 2.48. The Bertz CT molecular complexity index is 484. The Labute approximate surface area is 119 Å². The van der Waals surface area contributed by atoms with Gasteiger partial charge in [0.2, 0.25) is 0 Å². The lowest BCUT2D eigenvalue weighted by atomic mass is 10.1. The summed E-state index contributed by atoms with van der Waals surface area (Å²) in [5.74, 6) is 0. The largest absolute Gasteiger partial charge is 0.306 e. The number of nitro benzene ring substituents is 1. The van der Waals surface area contributed by atoms with Crippen molar-refractivity contribution in [1.82, 2.24) is 10.2 Å². The van der Waals surface area contributed by atoms with Gasteiger partial charge in [0.05, 0.1) is 4.92 Å². The highest BCUT2D eigenvalue weighted by molar-refractivity contribution is 5.34. The Balaban J connectivity index is 1.55. The van der Waals surface area contributed by atoms with Gasteiger partial charge < -0.3 is 5.32 Å². The van der Waals surface area contributed by atoms with Crippen LogP contribution in [0.3, 0.4) is 0 Å². The van der Waals surface area contributed by atoms with Crippen molar-refractivity contribution in [2.75, 3.05) is 13.1 Å². The van der Waals surface area contributed by atoms with Crippen LogP contribution < -0.4 is 5.32 Å². The number of nitro groups is 1. The van der Waals surface area contributed by atoms with Gasteiger partial charge in [0.15, 0.2) is 0 Å². The lowest BCUT2D eigenvalue weighted by Crippen LogP contribution is -2.34. The molecule has 2 unspecified atom stereocenters. The van der Waals surface area contributed by atoms with E-state index < -0.39 is 0 Å². The molecule has 0 spiro atoms. The SMILES string of the molecule is CC(NC1CCN(C2CC2)C1)c1ccc([N+](=O)[O-])cc1. The standard InChI is InChI=1S/C15H21N3O2/c1-11(12-2-4-15(5-3-12)18(19)20)16-13-8-9-17(10-13)14-6-7-14/h2-5,11,13-14,16H,6-10H2,1H3. The first-order valence-corrected chi connectivity index (χ1v) is 7.38. The fourth-order valence-corrected chi connectivity index (χ4v) is 3.03. The molecule has 1 aliphatic heterocycles. The first kappa shape index (κ1) is 13.5. The maximum Gasteiger partial charge on any atom is 0.269 e. The van der Waals surface area contributed by atoms with Gasteiger partial charge >= 0.3 is 0 Å². The monoisotopic (exact) mass is 275 g/mol. The van der Waals surface area contributed by atoms with Crippen molar-refractivity contribution < 1.29 is 4.92 Å². The predicted molar refractivity (Wildman–Crippen MR) is 77.6 cm³/mol. The van der Waals surface area contributed by atoms with E-state index in [2.05, 4.69) is 17.1 Å². The number of likely N-dealkylation sites (tertiary alicyclic amines) is 1. The van der Waals surface area contributed by atoms with Crippen LogP contribution in [0, 0.1) is 10.1 Å². The first-order chi connectivity index (χ1) is 9.63. The van der Waals surface area contributed by atoms with Crippen LogP contribution in [0.2, 0.25) is 0 Å². The second-order valence-electron chi connectivity index (χ2n) is 5.95. The summed E-state index contributed by atoms with van der Waals surface area (Å²) in [6.07, 6.45) is 3.93. The molecule has 0 aromatic heterocycles. The van der Waals surface area contributed by atoms with Crippen molar-refractivity contribution in [3.63, 3.8) is 0 Å². The average molecular weight is 275 g/mol. The summed E-state index contributed by atoms with van der Waals surface area (Å²) >= 11 is 0. The number of hydrogen-bond donors (Lipinski definition) is 1. The Kier molecular flexibility index (Phi) is 3.72. The zero-order valence-electron chi connectivity index (χ0n) is 11.8. The van der Waals surface area contributed by atoms with Gasteiger partial charge in [-0.3, -0.25) is 15.0 Å². The van der Waals surface area contributed by atoms with Crippen molar-refractivity contribution in [2.45, 2.75) is 44.3 Å². The second kappa shape index (κ2) is 5.50. The summed E-state index contributed by atoms with van der Waals surface area (Å²) in [6.45, 7) is 4.47. The van der Waals surface area contributed by atoms with Crippen molar-refractivity contribution in [3.8, 4) is 0 Å². The Morgan fingerprint density at radius 2 is 2.00 bits per heavy atom. The lowest BCUT2D eigenvalue weighted by molar-refractivity contribution is -0.384. The molecule has 1 saturated heterocycles. The summed E-state index contributed by atoms with van der Waals surface area (Å²) in [7, 11) is 0. The van der Waals surface area contributed by atoms with Gasteiger partial charge in [0.1, 0.15) is 0 Å². The van der Waals surface area contributed by atoms with E-state index in [-0.39, 0.29) is 16.7 Å². The topological polar surface area (TPSA) is 58.4 Å². The highest BCUT2D eigenvalue weighted by atomic mass is 16.6. The van der Waals surface area contributed by atoms with E-state index in [9.17, 15) is 10.1 Å². The van der Waals surface area contributed by atoms with Crippen LogP contribution in [0.4, 0.5) is 5.69 Å². The highest BCUT2D eigenvalue weighted by Crippen LogP contribution is 2.30. The average Bonchev–Trinajstić information content (AvgIpc) is 3.20. The van der Waals surface area contributed by atoms with Crippen LogP contribution in [0.1, 0.15) is 37.8 Å². The molecule has 3 rings (SSSR count). The molecule has 1 aromatic rings. The minimum Gasteiger partial charge on any atom is -0.306 e. The molecule has 5 heteroatoms. The quantitative estimate of drug-likeness (QED) is 0.662. The molecule has 0 bridgehead atoms. The minimum atomic E-state index is -0.355. The van der Waals surface area contributed by atoms with Crippen LogP contribution in [0.15, 0.2) is 24.3 Å². The molecule has 1 aromatic carbocycles. The first-order valence-electron chi connectivity index (χ1n) is 7.38. The summed E-state index contributed by atoms with van der Waals surface area (Å²) in [6, 6.07) is 8.49. The summed E-state index contributed by atoms with van der Waals surface area (Å²) in [4.78, 5) is 12.9. The summed E-state index contributed by atoms with van der Waals surface area (Å²) in [5.41, 5.74) is 1.27. The Morgan fingerprint density at radius 1 is 1.30 bits per heavy atom. The van der Waals surface area contributed by atoms with Gasteiger partial charge in [-0.1, -0.05) is 12.1 Å². The lowest BCUT2D eigenvalue weighted by Gasteiger charge is -2.20. The number of rotatable bonds is 5. The number of non-ortho nitro benzene ring substituents is 1. The zero-order valence-corrected chi connectivity index (χ0v) is 11.8. The van der Waals surface area contributed by atoms with E-state index in [1.165, 1.54) is 25.8 Å². The second-order valence-corrected chi connectivity index (χ2v) is 5.95. The maximum absolute atomic E-state index is 10.7. The zero-order chi connectivity index (χ0) is 14.1. The molecule has 20 heavy (non-hydrogen) atoms. The van der Waals surface area contributed by atoms with Gasteiger partial charge in [-0.2, -0.15) is 0 Å². The van der Waals surface area contributed by atoms with E-state index in [4.69, 9.17) is 0 Å². The van der Waals surface area contributed by atoms with Crippen LogP contribution in [0.5, 0.6) is 0 Å². The van der Waals surface area contributed by atoms with Crippen molar-refractivity contribution in [3.05, 3.63) is 39.9 Å². The van der Waals surface area contributed by atoms with E-state index in [1.807, 2.05) is 12.1 Å². The molecular weight excluding hydrogens is 254 g/mol. The van der Waals surface area contributed by atoms with Gasteiger partial charge in [0, 0.05) is 43.3 Å². The molecule has 1 aliphatic carbocycles. The minimum absolute atomic E-state index is 0.154. The smallest absolute Gasteiger partial charge is 0.269 e. The van der Waals surface area contributed by atoms with Crippen molar-refractivity contribution in [1.29, 1.82) is 0 Å². The van der Waals surface area contributed by atoms with Gasteiger partial charge in [0.25, 0.3) is 5.69 Å². The molecule has 5 nitrogen and oxygen atoms in total. The molecule has 2 atom stereocenters. The third-order valence-corrected chi connectivity index (χ3v) is 4.37. The van der Waals surface area contributed by atoms with Crippen LogP contribution in [0.25, 0.3) is 0 Å². The maximum atomic E-state index is 10.7. The molecule has 2 fully saturated rings. The molecule has 1 saturated carbocycles. The number of nitrogens with zero attached hydrogens (tertiary/aromatic N) is 2. The Morgan fingerprint density at radius 3 is 2.60 bits per heavy atom. The normalized spacial score (nSPS) is 24.8. The van der Waals surface area contributed by atoms with Gasteiger partial charge in [-0.05, 0) is 31.7 Å². The molecule has 1 heterocycles. The fraction of sp³-hybridized carbons (Fsp3) is 0.600. The molecule has 2 aliphatic rings. The number of nitrogens with one attached hydrogen (secondary N) is 1. The Hall–Kier alpha value is -1.46. The summed E-state index contributed by atoms with van der Waals surface area (Å²) < 4.78 is 0. The molecule has 1 N–H and O–H groups in total. The van der Waals surface area contributed by atoms with Gasteiger partial charge in [-0.25, -0.2) is 0 Å². The third kappa shape index (κ3) is 2.99. The third-order valence-electron chi connectivity index (χ3n) is 4.37. The van der Waals surface area contributed by atoms with E-state index in [0.717, 1.165) is 18.2 Å². The number of hydrogen-bond acceptors (Lipinski definition) is 4. The summed E-state index contributed by atoms with van der Waals surface area (Å²) in [5, 5.41) is 14.3. The van der Waals surface area contributed by atoms with Crippen LogP contribution in [-0.4, -0.2) is 35.0 Å². The fourth-order valence-electron chi connectivity index (χ4n) is 3.03. The highest BCUT2D eigenvalue weighted by Gasteiger charge is 2.34. The van der Waals surface area contributed by atoms with E-state index in [1.54, 1.807) is 12.1 Å². The molecular formula is C15H21N3O2. The van der Waals surface area contributed by atoms with Gasteiger partial charge in [-0.15, -0.1) is 0 Å². The van der Waals surface area contributed by atoms with E-state index in [0.29, 0.717) is 6.04 Å². The molecule has 0 radical (unpaired) electrons. The molecule has 108 valence electrons. The number of benzene rings is 1. The van der Waals surface area contributed by atoms with Crippen LogP contribution >= 0.6 is 0 Å². The van der Waals surface area contributed by atoms with Crippen molar-refractivity contribution in [2.24, 2.45) is 0 Å². The van der Waals surface area contributed by atoms with Crippen molar-refractivity contribution >= 4 is 5.69 Å². The van der Waals surface area contributed by atoms with E-state index >= 15 is 0 Å². The van der Waals surface area contributed by atoms with Crippen LogP contribution in [-0.2, 0) is 0 Å².